The summed E-state index contributed by atoms with van der Waals surface area (Å²) in [4.78, 5) is 4.41. The molecule has 2 rings (SSSR count). The molecule has 0 saturated heterocycles. The molecule has 2 aromatic rings. The van der Waals surface area contributed by atoms with Gasteiger partial charge in [-0.25, -0.2) is 9.37 Å². The fraction of sp³-hybridized carbons (Fsp3) is 0.267. The minimum absolute atomic E-state index is 0.0320. The number of halogens is 3. The van der Waals surface area contributed by atoms with Gasteiger partial charge in [-0.2, -0.15) is 0 Å². The maximum absolute atomic E-state index is 13.5. The smallest absolute Gasteiger partial charge is 0.219 e. The second-order valence-corrected chi connectivity index (χ2v) is 5.82. The first-order chi connectivity index (χ1) is 10.0. The number of nitrogens with zero attached hydrogens (tertiary/aromatic N) is 1. The normalized spacial score (nSPS) is 10.7. The average molecular weight is 374 g/mol. The first-order valence-electron chi connectivity index (χ1n) is 6.55. The molecule has 0 aliphatic heterocycles. The van der Waals surface area contributed by atoms with E-state index in [1.54, 1.807) is 6.07 Å². The number of pyridine rings is 1. The highest BCUT2D eigenvalue weighted by atomic mass is 79.9. The van der Waals surface area contributed by atoms with Crippen molar-refractivity contribution in [2.45, 2.75) is 26.3 Å². The molecule has 0 unspecified atom stereocenters. The van der Waals surface area contributed by atoms with Crippen LogP contribution in [0.3, 0.4) is 0 Å². The van der Waals surface area contributed by atoms with E-state index in [1.807, 2.05) is 6.07 Å². The van der Waals surface area contributed by atoms with Crippen LogP contribution in [-0.4, -0.2) is 4.98 Å². The molecule has 21 heavy (non-hydrogen) atoms. The molecule has 0 spiro atoms. The lowest BCUT2D eigenvalue weighted by atomic mass is 10.1. The van der Waals surface area contributed by atoms with Gasteiger partial charge in [0.25, 0.3) is 0 Å². The number of hydrogen-bond acceptors (Lipinski definition) is 3. The molecule has 0 amide bonds. The van der Waals surface area contributed by atoms with Crippen LogP contribution >= 0.6 is 27.5 Å². The van der Waals surface area contributed by atoms with Crippen LogP contribution in [-0.2, 0) is 13.0 Å². The van der Waals surface area contributed by atoms with Crippen LogP contribution in [0.25, 0.3) is 0 Å². The van der Waals surface area contributed by atoms with Gasteiger partial charge in [0.2, 0.25) is 5.88 Å². The Bertz CT molecular complexity index is 652. The van der Waals surface area contributed by atoms with E-state index in [0.717, 1.165) is 24.1 Å². The van der Waals surface area contributed by atoms with Crippen LogP contribution in [0.5, 0.6) is 11.6 Å². The van der Waals surface area contributed by atoms with Gasteiger partial charge in [-0.15, -0.1) is 0 Å². The van der Waals surface area contributed by atoms with Gasteiger partial charge in [0.15, 0.2) is 0 Å². The van der Waals surface area contributed by atoms with Gasteiger partial charge in [-0.3, -0.25) is 0 Å². The van der Waals surface area contributed by atoms with Crippen LogP contribution in [0.15, 0.2) is 28.7 Å². The zero-order valence-electron chi connectivity index (χ0n) is 11.5. The van der Waals surface area contributed by atoms with Gasteiger partial charge in [0.05, 0.1) is 9.50 Å². The number of aromatic nitrogens is 1. The predicted octanol–water partition coefficient (Wildman–Crippen LogP) is 4.84. The summed E-state index contributed by atoms with van der Waals surface area (Å²) < 4.78 is 19.8. The molecule has 0 atom stereocenters. The summed E-state index contributed by atoms with van der Waals surface area (Å²) >= 11 is 9.01. The highest BCUT2D eigenvalue weighted by Gasteiger charge is 2.11. The molecule has 0 aliphatic rings. The van der Waals surface area contributed by atoms with Crippen molar-refractivity contribution in [3.05, 3.63) is 50.8 Å². The zero-order valence-corrected chi connectivity index (χ0v) is 13.8. The quantitative estimate of drug-likeness (QED) is 0.763. The van der Waals surface area contributed by atoms with Crippen molar-refractivity contribution in [1.29, 1.82) is 0 Å². The van der Waals surface area contributed by atoms with E-state index in [9.17, 15) is 4.39 Å². The largest absolute Gasteiger partial charge is 0.438 e. The van der Waals surface area contributed by atoms with E-state index in [0.29, 0.717) is 22.6 Å². The number of benzene rings is 1. The second kappa shape index (κ2) is 7.20. The minimum Gasteiger partial charge on any atom is -0.438 e. The van der Waals surface area contributed by atoms with Crippen molar-refractivity contribution in [3.63, 3.8) is 0 Å². The van der Waals surface area contributed by atoms with E-state index in [2.05, 4.69) is 27.8 Å². The number of aryl methyl sites for hydroxylation is 1. The molecule has 3 nitrogen and oxygen atoms in total. The lowest BCUT2D eigenvalue weighted by Crippen LogP contribution is -2.01. The van der Waals surface area contributed by atoms with Gasteiger partial charge in [0, 0.05) is 24.4 Å². The molecule has 1 heterocycles. The Morgan fingerprint density at radius 3 is 2.76 bits per heavy atom. The van der Waals surface area contributed by atoms with Crippen molar-refractivity contribution >= 4 is 27.5 Å². The van der Waals surface area contributed by atoms with Crippen molar-refractivity contribution in [2.75, 3.05) is 0 Å². The average Bonchev–Trinajstić information content (AvgIpc) is 2.45. The third-order valence-corrected chi connectivity index (χ3v) is 3.76. The fourth-order valence-corrected chi connectivity index (χ4v) is 2.59. The molecule has 1 aromatic carbocycles. The van der Waals surface area contributed by atoms with Crippen molar-refractivity contribution < 1.29 is 9.13 Å². The minimum atomic E-state index is -0.543. The zero-order chi connectivity index (χ0) is 15.4. The molecule has 0 saturated carbocycles. The molecule has 0 fully saturated rings. The van der Waals surface area contributed by atoms with Crippen molar-refractivity contribution in [1.82, 2.24) is 4.98 Å². The lowest BCUT2D eigenvalue weighted by molar-refractivity contribution is 0.452. The molecule has 1 aromatic heterocycles. The standard InChI is InChI=1S/C15H15BrClFN2O/c1-2-3-10-4-9(8-19)5-15(20-10)21-14-7-13(18)12(17)6-11(14)16/h4-7H,2-3,8,19H2,1H3. The summed E-state index contributed by atoms with van der Waals surface area (Å²) in [6.07, 6.45) is 1.81. The SMILES string of the molecule is CCCc1cc(CN)cc(Oc2cc(F)c(Cl)cc2Br)n1. The maximum atomic E-state index is 13.5. The number of ether oxygens (including phenoxy) is 1. The van der Waals surface area contributed by atoms with Crippen LogP contribution in [0.2, 0.25) is 5.02 Å². The molecular weight excluding hydrogens is 359 g/mol. The first kappa shape index (κ1) is 16.2. The van der Waals surface area contributed by atoms with E-state index in [-0.39, 0.29) is 5.02 Å². The molecule has 6 heteroatoms. The summed E-state index contributed by atoms with van der Waals surface area (Å²) in [5.41, 5.74) is 7.51. The summed E-state index contributed by atoms with van der Waals surface area (Å²) in [5.74, 6) is 0.170. The summed E-state index contributed by atoms with van der Waals surface area (Å²) in [7, 11) is 0. The van der Waals surface area contributed by atoms with Gasteiger partial charge in [-0.1, -0.05) is 24.9 Å². The van der Waals surface area contributed by atoms with E-state index in [4.69, 9.17) is 22.1 Å². The van der Waals surface area contributed by atoms with E-state index >= 15 is 0 Å². The summed E-state index contributed by atoms with van der Waals surface area (Å²) in [5, 5.41) is 0.0320. The van der Waals surface area contributed by atoms with E-state index < -0.39 is 5.82 Å². The third-order valence-electron chi connectivity index (χ3n) is 2.85. The Morgan fingerprint density at radius 2 is 2.10 bits per heavy atom. The highest BCUT2D eigenvalue weighted by molar-refractivity contribution is 9.10. The molecule has 112 valence electrons. The number of rotatable bonds is 5. The Labute approximate surface area is 136 Å². The molecular formula is C15H15BrClFN2O. The maximum Gasteiger partial charge on any atom is 0.219 e. The van der Waals surface area contributed by atoms with Gasteiger partial charge >= 0.3 is 0 Å². The van der Waals surface area contributed by atoms with Crippen LogP contribution < -0.4 is 10.5 Å². The van der Waals surface area contributed by atoms with Crippen LogP contribution in [0.4, 0.5) is 4.39 Å². The van der Waals surface area contributed by atoms with Crippen molar-refractivity contribution in [3.8, 4) is 11.6 Å². The Kier molecular flexibility index (Phi) is 5.56. The molecule has 0 aliphatic carbocycles. The lowest BCUT2D eigenvalue weighted by Gasteiger charge is -2.11. The predicted molar refractivity (Wildman–Crippen MR) is 85.3 cm³/mol. The summed E-state index contributed by atoms with van der Waals surface area (Å²) in [6.45, 7) is 2.47. The number of hydrogen-bond donors (Lipinski definition) is 1. The Hall–Kier alpha value is -1.17. The van der Waals surface area contributed by atoms with Gasteiger partial charge < -0.3 is 10.5 Å². The van der Waals surface area contributed by atoms with Gasteiger partial charge in [-0.05, 0) is 40.0 Å². The van der Waals surface area contributed by atoms with Crippen LogP contribution in [0.1, 0.15) is 24.6 Å². The fourth-order valence-electron chi connectivity index (χ4n) is 1.87. The molecule has 0 radical (unpaired) electrons. The van der Waals surface area contributed by atoms with Crippen LogP contribution in [0, 0.1) is 5.82 Å². The first-order valence-corrected chi connectivity index (χ1v) is 7.73. The Morgan fingerprint density at radius 1 is 1.33 bits per heavy atom. The Balaban J connectivity index is 2.34. The second-order valence-electron chi connectivity index (χ2n) is 4.56. The third kappa shape index (κ3) is 4.15. The monoisotopic (exact) mass is 372 g/mol. The molecule has 0 bridgehead atoms. The topological polar surface area (TPSA) is 48.1 Å². The van der Waals surface area contributed by atoms with Gasteiger partial charge in [0.1, 0.15) is 11.6 Å². The highest BCUT2D eigenvalue weighted by Crippen LogP contribution is 2.33. The van der Waals surface area contributed by atoms with Crippen molar-refractivity contribution in [2.24, 2.45) is 5.73 Å². The number of nitrogens with two attached hydrogens (primary N) is 1. The summed E-state index contributed by atoms with van der Waals surface area (Å²) in [6, 6.07) is 6.38. The molecule has 2 N–H and O–H groups in total. The van der Waals surface area contributed by atoms with E-state index in [1.165, 1.54) is 12.1 Å².